The first kappa shape index (κ1) is 11.3. The summed E-state index contributed by atoms with van der Waals surface area (Å²) in [7, 11) is 0. The van der Waals surface area contributed by atoms with Crippen LogP contribution in [-0.4, -0.2) is 12.6 Å². The molecule has 0 heterocycles. The minimum absolute atomic E-state index is 0.121. The van der Waals surface area contributed by atoms with Crippen molar-refractivity contribution in [1.82, 2.24) is 0 Å². The van der Waals surface area contributed by atoms with E-state index in [0.717, 1.165) is 23.6 Å². The highest BCUT2D eigenvalue weighted by Gasteiger charge is 2.01. The van der Waals surface area contributed by atoms with E-state index in [2.05, 4.69) is 6.92 Å². The fourth-order valence-corrected chi connectivity index (χ4v) is 1.31. The summed E-state index contributed by atoms with van der Waals surface area (Å²) in [5.41, 5.74) is 5.81. The van der Waals surface area contributed by atoms with Gasteiger partial charge in [0.1, 0.15) is 12.4 Å². The van der Waals surface area contributed by atoms with Crippen molar-refractivity contribution >= 4 is 11.6 Å². The minimum atomic E-state index is 0.121. The van der Waals surface area contributed by atoms with Gasteiger partial charge in [-0.05, 0) is 30.7 Å². The number of hydrogen-bond donors (Lipinski definition) is 1. The lowest BCUT2D eigenvalue weighted by Crippen LogP contribution is -2.27. The van der Waals surface area contributed by atoms with Gasteiger partial charge in [0.2, 0.25) is 0 Å². The molecule has 0 spiro atoms. The molecule has 0 radical (unpaired) electrons. The van der Waals surface area contributed by atoms with E-state index in [1.165, 1.54) is 0 Å². The number of rotatable bonds is 5. The number of halogens is 1. The van der Waals surface area contributed by atoms with Crippen LogP contribution in [0.15, 0.2) is 24.3 Å². The van der Waals surface area contributed by atoms with Crippen molar-refractivity contribution in [2.75, 3.05) is 6.61 Å². The number of ether oxygens (including phenoxy) is 1. The third kappa shape index (κ3) is 3.99. The minimum Gasteiger partial charge on any atom is -0.492 e. The molecule has 1 aromatic rings. The van der Waals surface area contributed by atoms with Crippen molar-refractivity contribution in [3.8, 4) is 5.75 Å². The second kappa shape index (κ2) is 5.89. The Morgan fingerprint density at radius 3 is 2.57 bits per heavy atom. The van der Waals surface area contributed by atoms with Gasteiger partial charge in [0, 0.05) is 11.1 Å². The predicted octanol–water partition coefficient (Wildman–Crippen LogP) is 2.85. The molecule has 0 fully saturated rings. The maximum absolute atomic E-state index is 5.81. The third-order valence-corrected chi connectivity index (χ3v) is 2.19. The molecule has 3 heteroatoms. The summed E-state index contributed by atoms with van der Waals surface area (Å²) in [5.74, 6) is 0.820. The Hall–Kier alpha value is -0.730. The lowest BCUT2D eigenvalue weighted by Gasteiger charge is -2.11. The lowest BCUT2D eigenvalue weighted by molar-refractivity contribution is 0.281. The van der Waals surface area contributed by atoms with Crippen LogP contribution < -0.4 is 10.5 Å². The van der Waals surface area contributed by atoms with Crippen LogP contribution >= 0.6 is 11.6 Å². The molecule has 0 aliphatic rings. The fraction of sp³-hybridized carbons (Fsp3) is 0.455. The standard InChI is InChI=1S/C11H16ClNO/c1-2-3-10(13)8-14-11-6-4-9(12)5-7-11/h4-7,10H,2-3,8,13H2,1H3. The molecular formula is C11H16ClNO. The molecule has 1 atom stereocenters. The Morgan fingerprint density at radius 2 is 2.00 bits per heavy atom. The Labute approximate surface area is 90.0 Å². The monoisotopic (exact) mass is 213 g/mol. The lowest BCUT2D eigenvalue weighted by atomic mass is 10.2. The summed E-state index contributed by atoms with van der Waals surface area (Å²) in [6.07, 6.45) is 2.08. The highest BCUT2D eigenvalue weighted by Crippen LogP contribution is 2.15. The molecule has 0 bridgehead atoms. The zero-order chi connectivity index (χ0) is 10.4. The molecule has 14 heavy (non-hydrogen) atoms. The predicted molar refractivity (Wildman–Crippen MR) is 59.8 cm³/mol. The summed E-state index contributed by atoms with van der Waals surface area (Å²) in [5, 5.41) is 0.718. The molecule has 1 aromatic carbocycles. The summed E-state index contributed by atoms with van der Waals surface area (Å²) in [6.45, 7) is 2.68. The van der Waals surface area contributed by atoms with Crippen molar-refractivity contribution in [2.24, 2.45) is 5.73 Å². The van der Waals surface area contributed by atoms with Crippen LogP contribution in [0.1, 0.15) is 19.8 Å². The van der Waals surface area contributed by atoms with E-state index in [-0.39, 0.29) is 6.04 Å². The van der Waals surface area contributed by atoms with Crippen molar-refractivity contribution in [3.05, 3.63) is 29.3 Å². The average molecular weight is 214 g/mol. The number of hydrogen-bond acceptors (Lipinski definition) is 2. The van der Waals surface area contributed by atoms with Gasteiger partial charge in [0.05, 0.1) is 0 Å². The molecule has 2 N–H and O–H groups in total. The molecule has 2 nitrogen and oxygen atoms in total. The highest BCUT2D eigenvalue weighted by molar-refractivity contribution is 6.30. The van der Waals surface area contributed by atoms with Crippen molar-refractivity contribution in [1.29, 1.82) is 0 Å². The summed E-state index contributed by atoms with van der Waals surface area (Å²) in [4.78, 5) is 0. The molecule has 0 saturated carbocycles. The van der Waals surface area contributed by atoms with Gasteiger partial charge >= 0.3 is 0 Å². The van der Waals surface area contributed by atoms with E-state index in [1.807, 2.05) is 24.3 Å². The van der Waals surface area contributed by atoms with E-state index in [1.54, 1.807) is 0 Å². The van der Waals surface area contributed by atoms with Crippen LogP contribution in [0.5, 0.6) is 5.75 Å². The molecule has 0 aliphatic carbocycles. The molecule has 0 aliphatic heterocycles. The molecule has 78 valence electrons. The Kier molecular flexibility index (Phi) is 4.77. The first-order valence-corrected chi connectivity index (χ1v) is 5.24. The fourth-order valence-electron chi connectivity index (χ4n) is 1.19. The highest BCUT2D eigenvalue weighted by atomic mass is 35.5. The van der Waals surface area contributed by atoms with Crippen LogP contribution in [-0.2, 0) is 0 Å². The van der Waals surface area contributed by atoms with Crippen LogP contribution in [0.25, 0.3) is 0 Å². The van der Waals surface area contributed by atoms with Crippen LogP contribution in [0.4, 0.5) is 0 Å². The van der Waals surface area contributed by atoms with E-state index in [0.29, 0.717) is 6.61 Å². The van der Waals surface area contributed by atoms with Gasteiger partial charge in [-0.2, -0.15) is 0 Å². The van der Waals surface area contributed by atoms with Gasteiger partial charge < -0.3 is 10.5 Å². The first-order valence-electron chi connectivity index (χ1n) is 4.86. The second-order valence-electron chi connectivity index (χ2n) is 3.31. The summed E-state index contributed by atoms with van der Waals surface area (Å²) in [6, 6.07) is 7.43. The number of nitrogens with two attached hydrogens (primary N) is 1. The van der Waals surface area contributed by atoms with Crippen molar-refractivity contribution in [2.45, 2.75) is 25.8 Å². The van der Waals surface area contributed by atoms with E-state index in [9.17, 15) is 0 Å². The van der Waals surface area contributed by atoms with Gasteiger partial charge in [-0.1, -0.05) is 24.9 Å². The molecular weight excluding hydrogens is 198 g/mol. The zero-order valence-corrected chi connectivity index (χ0v) is 9.13. The smallest absolute Gasteiger partial charge is 0.119 e. The average Bonchev–Trinajstić information content (AvgIpc) is 2.17. The molecule has 0 saturated heterocycles. The molecule has 0 amide bonds. The SMILES string of the molecule is CCCC(N)COc1ccc(Cl)cc1. The van der Waals surface area contributed by atoms with Crippen LogP contribution in [0.2, 0.25) is 5.02 Å². The van der Waals surface area contributed by atoms with Crippen LogP contribution in [0.3, 0.4) is 0 Å². The van der Waals surface area contributed by atoms with Crippen molar-refractivity contribution < 1.29 is 4.74 Å². The third-order valence-electron chi connectivity index (χ3n) is 1.94. The first-order chi connectivity index (χ1) is 6.72. The van der Waals surface area contributed by atoms with E-state index < -0.39 is 0 Å². The van der Waals surface area contributed by atoms with Gasteiger partial charge in [-0.25, -0.2) is 0 Å². The maximum atomic E-state index is 5.81. The Bertz CT molecular complexity index is 260. The van der Waals surface area contributed by atoms with Gasteiger partial charge in [-0.3, -0.25) is 0 Å². The topological polar surface area (TPSA) is 35.2 Å². The van der Waals surface area contributed by atoms with Crippen LogP contribution in [0, 0.1) is 0 Å². The number of benzene rings is 1. The Balaban J connectivity index is 2.34. The van der Waals surface area contributed by atoms with Gasteiger partial charge in [0.25, 0.3) is 0 Å². The normalized spacial score (nSPS) is 12.5. The van der Waals surface area contributed by atoms with Crippen molar-refractivity contribution in [3.63, 3.8) is 0 Å². The molecule has 1 rings (SSSR count). The Morgan fingerprint density at radius 1 is 1.36 bits per heavy atom. The van der Waals surface area contributed by atoms with Gasteiger partial charge in [-0.15, -0.1) is 0 Å². The zero-order valence-electron chi connectivity index (χ0n) is 8.37. The maximum Gasteiger partial charge on any atom is 0.119 e. The molecule has 1 unspecified atom stereocenters. The quantitative estimate of drug-likeness (QED) is 0.817. The van der Waals surface area contributed by atoms with Gasteiger partial charge in [0.15, 0.2) is 0 Å². The summed E-state index contributed by atoms with van der Waals surface area (Å²) >= 11 is 5.74. The van der Waals surface area contributed by atoms with E-state index in [4.69, 9.17) is 22.1 Å². The second-order valence-corrected chi connectivity index (χ2v) is 3.75. The summed E-state index contributed by atoms with van der Waals surface area (Å²) < 4.78 is 5.49. The molecule has 0 aromatic heterocycles. The largest absolute Gasteiger partial charge is 0.492 e. The van der Waals surface area contributed by atoms with E-state index >= 15 is 0 Å².